The van der Waals surface area contributed by atoms with Crippen molar-refractivity contribution in [2.45, 2.75) is 25.9 Å². The van der Waals surface area contributed by atoms with Gasteiger partial charge < -0.3 is 20.1 Å². The molecule has 2 aromatic rings. The number of sulfonamides is 1. The van der Waals surface area contributed by atoms with E-state index >= 15 is 0 Å². The topological polar surface area (TPSA) is 138 Å². The SMILES string of the molecule is CCOC(=O)CS(=O)(=O)N(C/C=C/c1cccc(C(=N)N)c1)c1ccc(OC2CCN(C3=NCCSC3)CC2)c(Cl)c1. The van der Waals surface area contributed by atoms with E-state index in [0.717, 1.165) is 59.7 Å². The molecule has 0 radical (unpaired) electrons. The van der Waals surface area contributed by atoms with Gasteiger partial charge in [-0.25, -0.2) is 8.42 Å². The summed E-state index contributed by atoms with van der Waals surface area (Å²) < 4.78 is 38.9. The molecule has 42 heavy (non-hydrogen) atoms. The molecule has 10 nitrogen and oxygen atoms in total. The van der Waals surface area contributed by atoms with Gasteiger partial charge in [0, 0.05) is 37.2 Å². The molecule has 2 heterocycles. The Morgan fingerprint density at radius 1 is 1.26 bits per heavy atom. The van der Waals surface area contributed by atoms with Crippen molar-refractivity contribution in [1.82, 2.24) is 4.90 Å². The van der Waals surface area contributed by atoms with Gasteiger partial charge in [-0.2, -0.15) is 11.8 Å². The van der Waals surface area contributed by atoms with Gasteiger partial charge in [0.25, 0.3) is 0 Å². The minimum Gasteiger partial charge on any atom is -0.489 e. The molecule has 0 aromatic heterocycles. The van der Waals surface area contributed by atoms with E-state index in [1.807, 2.05) is 17.8 Å². The van der Waals surface area contributed by atoms with Gasteiger partial charge in [0.2, 0.25) is 10.0 Å². The van der Waals surface area contributed by atoms with Crippen LogP contribution in [0.4, 0.5) is 5.69 Å². The highest BCUT2D eigenvalue weighted by molar-refractivity contribution is 8.00. The Hall–Kier alpha value is -3.22. The Kier molecular flexibility index (Phi) is 11.2. The number of thioether (sulfide) groups is 1. The highest BCUT2D eigenvalue weighted by Gasteiger charge is 2.28. The van der Waals surface area contributed by atoms with Crippen molar-refractivity contribution < 1.29 is 22.7 Å². The van der Waals surface area contributed by atoms with Crippen LogP contribution in [0.3, 0.4) is 0 Å². The lowest BCUT2D eigenvalue weighted by Crippen LogP contribution is -2.43. The summed E-state index contributed by atoms with van der Waals surface area (Å²) in [5, 5.41) is 7.91. The number of hydrogen-bond acceptors (Lipinski definition) is 9. The summed E-state index contributed by atoms with van der Waals surface area (Å²) in [4.78, 5) is 19.1. The number of carbonyl (C=O) groups is 1. The van der Waals surface area contributed by atoms with E-state index in [1.54, 1.807) is 49.4 Å². The van der Waals surface area contributed by atoms with Crippen molar-refractivity contribution in [3.63, 3.8) is 0 Å². The molecule has 0 saturated carbocycles. The number of ether oxygens (including phenoxy) is 2. The third kappa shape index (κ3) is 8.65. The van der Waals surface area contributed by atoms with Crippen molar-refractivity contribution in [2.75, 3.05) is 54.3 Å². The second-order valence-corrected chi connectivity index (χ2v) is 13.2. The lowest BCUT2D eigenvalue weighted by atomic mass is 10.1. The second-order valence-electron chi connectivity index (χ2n) is 9.80. The first-order valence-electron chi connectivity index (χ1n) is 13.8. The Labute approximate surface area is 256 Å². The largest absolute Gasteiger partial charge is 0.489 e. The van der Waals surface area contributed by atoms with Crippen molar-refractivity contribution in [1.29, 1.82) is 5.41 Å². The molecular weight excluding hydrogens is 598 g/mol. The highest BCUT2D eigenvalue weighted by Crippen LogP contribution is 2.33. The lowest BCUT2D eigenvalue weighted by Gasteiger charge is -2.35. The summed E-state index contributed by atoms with van der Waals surface area (Å²) in [6, 6.07) is 11.8. The molecule has 4 rings (SSSR count). The van der Waals surface area contributed by atoms with Crippen LogP contribution in [0.1, 0.15) is 30.9 Å². The monoisotopic (exact) mass is 633 g/mol. The van der Waals surface area contributed by atoms with Gasteiger partial charge in [0.15, 0.2) is 5.75 Å². The molecule has 0 unspecified atom stereocenters. The molecule has 226 valence electrons. The van der Waals surface area contributed by atoms with Crippen LogP contribution < -0.4 is 14.8 Å². The number of anilines is 1. The van der Waals surface area contributed by atoms with Crippen LogP contribution in [0.5, 0.6) is 5.75 Å². The van der Waals surface area contributed by atoms with Crippen molar-refractivity contribution in [3.8, 4) is 5.75 Å². The average molecular weight is 634 g/mol. The number of rotatable bonds is 11. The van der Waals surface area contributed by atoms with Gasteiger partial charge in [-0.3, -0.25) is 19.5 Å². The number of nitrogen functional groups attached to an aromatic ring is 1. The molecular formula is C29H36ClN5O5S2. The van der Waals surface area contributed by atoms with Gasteiger partial charge in [0.1, 0.15) is 23.5 Å². The van der Waals surface area contributed by atoms with Gasteiger partial charge in [-0.15, -0.1) is 0 Å². The fourth-order valence-corrected chi connectivity index (χ4v) is 7.02. The molecule has 2 aliphatic heterocycles. The summed E-state index contributed by atoms with van der Waals surface area (Å²) >= 11 is 8.51. The summed E-state index contributed by atoms with van der Waals surface area (Å²) in [6.07, 6.45) is 5.03. The number of esters is 1. The molecule has 0 amide bonds. The number of nitrogens with one attached hydrogen (secondary N) is 1. The molecule has 13 heteroatoms. The maximum absolute atomic E-state index is 13.3. The van der Waals surface area contributed by atoms with Crippen LogP contribution in [0.2, 0.25) is 5.02 Å². The minimum atomic E-state index is -4.11. The van der Waals surface area contributed by atoms with Crippen LogP contribution in [0.25, 0.3) is 6.08 Å². The molecule has 0 bridgehead atoms. The first kappa shape index (κ1) is 31.7. The van der Waals surface area contributed by atoms with Crippen molar-refractivity contribution in [2.24, 2.45) is 10.7 Å². The number of amidine groups is 2. The quantitative estimate of drug-likeness (QED) is 0.215. The van der Waals surface area contributed by atoms with E-state index in [0.29, 0.717) is 17.0 Å². The normalized spacial score (nSPS) is 16.2. The van der Waals surface area contributed by atoms with Crippen LogP contribution in [0, 0.1) is 5.41 Å². The number of aliphatic imine (C=N–C) groups is 1. The fourth-order valence-electron chi connectivity index (χ4n) is 4.69. The molecule has 0 atom stereocenters. The van der Waals surface area contributed by atoms with Gasteiger partial charge in [-0.1, -0.05) is 42.0 Å². The Morgan fingerprint density at radius 2 is 2.05 bits per heavy atom. The average Bonchev–Trinajstić information content (AvgIpc) is 2.97. The number of carbonyl (C=O) groups excluding carboxylic acids is 1. The van der Waals surface area contributed by atoms with Crippen LogP contribution >= 0.6 is 23.4 Å². The van der Waals surface area contributed by atoms with E-state index in [4.69, 9.17) is 32.2 Å². The summed E-state index contributed by atoms with van der Waals surface area (Å²) in [5.41, 5.74) is 7.17. The summed E-state index contributed by atoms with van der Waals surface area (Å²) in [5.74, 6) is 1.95. The number of piperidine rings is 1. The van der Waals surface area contributed by atoms with Crippen molar-refractivity contribution >= 4 is 62.8 Å². The maximum Gasteiger partial charge on any atom is 0.323 e. The summed E-state index contributed by atoms with van der Waals surface area (Å²) in [7, 11) is -4.11. The minimum absolute atomic E-state index is 0.0150. The number of likely N-dealkylation sites (tertiary alicyclic amines) is 1. The standard InChI is InChI=1S/C29H36ClN5O5S2/c1-2-39-28(36)20-42(37,38)35(13-4-6-21-5-3-7-22(17-21)29(31)32)23-8-9-26(25(30)18-23)40-24-10-14-34(15-11-24)27-19-41-16-12-33-27/h3-9,17-18,24H,2,10-16,19-20H2,1H3,(H3,31,32)/b6-4+. The predicted octanol–water partition coefficient (Wildman–Crippen LogP) is 4.03. The number of benzene rings is 2. The molecule has 0 aliphatic carbocycles. The molecule has 0 spiro atoms. The smallest absolute Gasteiger partial charge is 0.323 e. The Morgan fingerprint density at radius 3 is 2.71 bits per heavy atom. The lowest BCUT2D eigenvalue weighted by molar-refractivity contribution is -0.139. The third-order valence-electron chi connectivity index (χ3n) is 6.79. The number of halogens is 1. The third-order valence-corrected chi connectivity index (χ3v) is 9.65. The van der Waals surface area contributed by atoms with Gasteiger partial charge >= 0.3 is 5.97 Å². The number of hydrogen-bond donors (Lipinski definition) is 2. The van der Waals surface area contributed by atoms with Crippen molar-refractivity contribution in [3.05, 3.63) is 64.7 Å². The van der Waals surface area contributed by atoms with Crippen LogP contribution in [-0.4, -0.2) is 87.1 Å². The zero-order valence-electron chi connectivity index (χ0n) is 23.5. The maximum atomic E-state index is 13.3. The molecule has 2 aromatic carbocycles. The fraction of sp³-hybridized carbons (Fsp3) is 0.414. The Bertz CT molecular complexity index is 1440. The zero-order valence-corrected chi connectivity index (χ0v) is 25.9. The van der Waals surface area contributed by atoms with E-state index in [2.05, 4.69) is 9.89 Å². The molecule has 3 N–H and O–H groups in total. The second kappa shape index (κ2) is 14.8. The predicted molar refractivity (Wildman–Crippen MR) is 171 cm³/mol. The van der Waals surface area contributed by atoms with E-state index in [9.17, 15) is 13.2 Å². The first-order chi connectivity index (χ1) is 20.2. The van der Waals surface area contributed by atoms with E-state index < -0.39 is 21.7 Å². The van der Waals surface area contributed by atoms with E-state index in [-0.39, 0.29) is 30.1 Å². The van der Waals surface area contributed by atoms with Crippen LogP contribution in [0.15, 0.2) is 53.5 Å². The van der Waals surface area contributed by atoms with E-state index in [1.165, 1.54) is 6.07 Å². The molecule has 1 fully saturated rings. The van der Waals surface area contributed by atoms with Crippen LogP contribution in [-0.2, 0) is 19.6 Å². The van der Waals surface area contributed by atoms with Gasteiger partial charge in [0.05, 0.1) is 36.2 Å². The number of nitrogens with two attached hydrogens (primary N) is 1. The van der Waals surface area contributed by atoms with Gasteiger partial charge in [-0.05, 0) is 36.8 Å². The number of nitrogens with zero attached hydrogens (tertiary/aromatic N) is 3. The molecule has 1 saturated heterocycles. The highest BCUT2D eigenvalue weighted by atomic mass is 35.5. The first-order valence-corrected chi connectivity index (χ1v) is 16.9. The zero-order chi connectivity index (χ0) is 30.1. The molecule has 2 aliphatic rings. The summed E-state index contributed by atoms with van der Waals surface area (Å²) in [6.45, 7) is 4.22. The Balaban J connectivity index is 1.48.